The standard InChI is InChI=1S/C29H41N3O2.2C26H36FN3O2.C23H36N4O2/c1-17-13-23(25(33)16-32-15-24(30-4)27(31-32)18-5-6-18)29(3)12-10-21-20-9-11-28(2,34)14-19(20)7-8-22(21)26(17)29;1-15-11-20(22(31)14-30-13-21(28-4)24(27)29-30)26(3)10-8-18-17-7-9-25(2,32)12-16(17)5-6-19(18)23(15)26;1-15-11-20(22(31)14-30-24(27)21(28-4)13-29-30)26(3)10-8-18-17-7-9-25(2,32)12-16(17)5-6-19(18)23(15)26;1-14-10-19(20(28)12-27-25-13-24-26-27)23(3)9-7-17-16-6-8-22(2,29)11-15(16)4-5-18(17)21(14)23/h15,17-23,26,34H,5-14,16H2,1-3H3;2*13,15-20,23,32H,5-12,14H2,1-3H3;13-19,21,29H,4-12H2,1-3H3/t17-,19-,20+,21-,22-,23-,26+,28-,29-;2*15-,16-,17+,18-,19-,20-,23+,25-,26-;14-,15-,16+,17-,18-,19-,21+,22-,23-/m1111/s1. The molecule has 21 nitrogen and oxygen atoms in total. The SMILES string of the molecule is C[C@@H]1C[C@H](C(=O)Cn2ncnn2)[C@@]2(C)CC[C@H]3[C@@H](CC[C@@H]4C[C@](C)(O)CC[C@@H]43)[C@H]12.[C-]#[N+]c1cn(CC(=O)[C@H]2C[C@@H](C)[C@H]3[C@@H]4CC[C@@H]5C[C@](C)(O)CC[C@@H]5[C@H]4CC[C@@]32C)nc1C1CC1.[C-]#[N+]c1cn(CC(=O)[C@H]2C[C@@H](C)[C@H]3[C@@H]4CC[C@@H]5C[C@](C)(O)CC[C@@H]5[C@H]4CC[C@@]32C)nc1F.[C-]#[N+]c1cnn(CC(=O)[C@H]2C[C@@H](C)[C@H]3[C@@H]4CC[C@@H]5C[C@](C)(O)CC[C@@H]5[C@H]4CC[C@@]32C)c1F. The van der Waals surface area contributed by atoms with Crippen LogP contribution in [0, 0.1) is 219 Å². The Balaban J connectivity index is 0.000000115. The molecule has 17 aliphatic carbocycles. The van der Waals surface area contributed by atoms with E-state index in [1.165, 1.54) is 131 Å². The molecule has 4 aromatic rings. The van der Waals surface area contributed by atoms with E-state index >= 15 is 0 Å². The number of aromatic nitrogens is 10. The molecule has 0 aromatic carbocycles. The fourth-order valence-electron chi connectivity index (χ4n) is 36.1. The smallest absolute Gasteiger partial charge is 0.259 e. The van der Waals surface area contributed by atoms with E-state index in [0.717, 1.165) is 185 Å². The number of tetrazole rings is 1. The first-order valence-electron chi connectivity index (χ1n) is 50.6. The number of hydrogen-bond acceptors (Lipinski definition) is 14. The van der Waals surface area contributed by atoms with Crippen molar-refractivity contribution >= 4 is 40.2 Å². The summed E-state index contributed by atoms with van der Waals surface area (Å²) in [5, 5.41) is 66.6. The number of carbonyl (C=O) groups excluding carboxylic acids is 4. The second-order valence-electron chi connectivity index (χ2n) is 48.6. The molecule has 17 saturated carbocycles. The van der Waals surface area contributed by atoms with Crippen LogP contribution in [-0.2, 0) is 45.4 Å². The van der Waals surface area contributed by atoms with Crippen molar-refractivity contribution < 1.29 is 48.4 Å². The number of ketones is 4. The van der Waals surface area contributed by atoms with Crippen molar-refractivity contribution in [1.29, 1.82) is 0 Å². The lowest BCUT2D eigenvalue weighted by molar-refractivity contribution is -0.134. The monoisotopic (exact) mass is 1750 g/mol. The molecule has 23 heteroatoms. The third kappa shape index (κ3) is 16.7. The molecule has 127 heavy (non-hydrogen) atoms. The topological polar surface area (TPSA) is 259 Å². The summed E-state index contributed by atoms with van der Waals surface area (Å²) in [5.41, 5.74) is -0.410. The molecular weight excluding hydrogens is 1600 g/mol. The van der Waals surface area contributed by atoms with Gasteiger partial charge in [-0.15, -0.1) is 10.2 Å². The number of hydrogen-bond donors (Lipinski definition) is 4. The van der Waals surface area contributed by atoms with Crippen LogP contribution in [0.1, 0.15) is 313 Å². The van der Waals surface area contributed by atoms with Crippen LogP contribution in [0.5, 0.6) is 0 Å². The van der Waals surface area contributed by atoms with E-state index < -0.39 is 34.3 Å². The van der Waals surface area contributed by atoms with E-state index in [1.54, 1.807) is 4.68 Å². The van der Waals surface area contributed by atoms with E-state index in [0.29, 0.717) is 113 Å². The Morgan fingerprint density at radius 1 is 0.394 bits per heavy atom. The summed E-state index contributed by atoms with van der Waals surface area (Å²) in [6.07, 6.45) is 43.5. The van der Waals surface area contributed by atoms with Crippen LogP contribution in [-0.4, -0.2) is 116 Å². The van der Waals surface area contributed by atoms with Gasteiger partial charge in [0, 0.05) is 36.1 Å². The molecule has 36 atom stereocenters. The summed E-state index contributed by atoms with van der Waals surface area (Å²) < 4.78 is 32.2. The largest absolute Gasteiger partial charge is 0.390 e. The summed E-state index contributed by atoms with van der Waals surface area (Å²) in [7, 11) is 0. The minimum Gasteiger partial charge on any atom is -0.390 e. The molecule has 17 aliphatic rings. The van der Waals surface area contributed by atoms with Gasteiger partial charge in [-0.05, 0) is 421 Å². The lowest BCUT2D eigenvalue weighted by Crippen LogP contribution is -2.51. The first-order chi connectivity index (χ1) is 60.3. The minimum atomic E-state index is -0.791. The molecule has 4 heterocycles. The molecule has 21 rings (SSSR count). The van der Waals surface area contributed by atoms with Gasteiger partial charge in [-0.3, -0.25) is 28.5 Å². The van der Waals surface area contributed by atoms with Gasteiger partial charge in [0.1, 0.15) is 13.1 Å². The molecular formula is C104H149F2N13O8. The Morgan fingerprint density at radius 3 is 1.03 bits per heavy atom. The molecule has 4 aromatic heterocycles. The molecule has 0 amide bonds. The van der Waals surface area contributed by atoms with Gasteiger partial charge in [0.25, 0.3) is 11.4 Å². The predicted molar refractivity (Wildman–Crippen MR) is 478 cm³/mol. The normalized spacial score (nSPS) is 46.4. The van der Waals surface area contributed by atoms with Crippen LogP contribution in [0.25, 0.3) is 14.5 Å². The number of nitrogens with zero attached hydrogens (tertiary/aromatic N) is 13. The summed E-state index contributed by atoms with van der Waals surface area (Å²) in [4.78, 5) is 65.1. The van der Waals surface area contributed by atoms with Crippen molar-refractivity contribution in [3.05, 3.63) is 76.8 Å². The average Bonchev–Trinajstić information content (AvgIpc) is 1.62. The van der Waals surface area contributed by atoms with Gasteiger partial charge in [0.2, 0.25) is 17.6 Å². The maximum absolute atomic E-state index is 14.3. The molecule has 4 N–H and O–H groups in total. The minimum absolute atomic E-state index is 0.00100. The van der Waals surface area contributed by atoms with Crippen molar-refractivity contribution in [2.45, 2.75) is 356 Å². The fourth-order valence-corrected chi connectivity index (χ4v) is 36.1. The zero-order valence-electron chi connectivity index (χ0n) is 78.4. The van der Waals surface area contributed by atoms with Crippen molar-refractivity contribution in [2.24, 2.45) is 187 Å². The van der Waals surface area contributed by atoms with E-state index in [4.69, 9.17) is 19.7 Å². The maximum atomic E-state index is 14.3. The Kier molecular flexibility index (Phi) is 24.5. The molecule has 692 valence electrons. The summed E-state index contributed by atoms with van der Waals surface area (Å²) in [6.45, 7) is 49.2. The van der Waals surface area contributed by atoms with E-state index in [1.807, 2.05) is 33.9 Å². The van der Waals surface area contributed by atoms with Gasteiger partial charge in [-0.1, -0.05) is 55.4 Å². The zero-order valence-corrected chi connectivity index (χ0v) is 78.4. The second-order valence-corrected chi connectivity index (χ2v) is 48.6. The highest BCUT2D eigenvalue weighted by Gasteiger charge is 2.67. The van der Waals surface area contributed by atoms with Crippen molar-refractivity contribution in [3.63, 3.8) is 0 Å². The van der Waals surface area contributed by atoms with Crippen molar-refractivity contribution in [3.8, 4) is 0 Å². The highest BCUT2D eigenvalue weighted by Crippen LogP contribution is 2.72. The van der Waals surface area contributed by atoms with E-state index in [2.05, 4.69) is 101 Å². The number of carbonyl (C=O) groups is 4. The molecule has 17 fully saturated rings. The van der Waals surface area contributed by atoms with E-state index in [-0.39, 0.29) is 87.9 Å². The summed E-state index contributed by atoms with van der Waals surface area (Å²) in [6, 6.07) is 0. The van der Waals surface area contributed by atoms with Crippen LogP contribution >= 0.6 is 0 Å². The second kappa shape index (κ2) is 34.2. The van der Waals surface area contributed by atoms with Gasteiger partial charge >= 0.3 is 0 Å². The first-order valence-corrected chi connectivity index (χ1v) is 50.6. The highest BCUT2D eigenvalue weighted by atomic mass is 19.1. The van der Waals surface area contributed by atoms with Gasteiger partial charge < -0.3 is 20.4 Å². The highest BCUT2D eigenvalue weighted by molar-refractivity contribution is 5.84. The van der Waals surface area contributed by atoms with Crippen LogP contribution in [0.4, 0.5) is 25.8 Å². The maximum Gasteiger partial charge on any atom is 0.259 e. The van der Waals surface area contributed by atoms with Crippen LogP contribution < -0.4 is 0 Å². The number of aliphatic hydroxyl groups is 4. The third-order valence-corrected chi connectivity index (χ3v) is 40.9. The van der Waals surface area contributed by atoms with Crippen LogP contribution in [0.3, 0.4) is 0 Å². The van der Waals surface area contributed by atoms with Crippen LogP contribution in [0.15, 0.2) is 24.9 Å². The number of halogens is 2. The Morgan fingerprint density at radius 2 is 0.717 bits per heavy atom. The fraction of sp³-hybridized carbons (Fsp3) is 0.837. The van der Waals surface area contributed by atoms with Gasteiger partial charge in [-0.2, -0.15) is 28.9 Å². The Hall–Kier alpha value is -6.45. The summed E-state index contributed by atoms with van der Waals surface area (Å²) in [5.74, 6) is 16.2. The predicted octanol–water partition coefficient (Wildman–Crippen LogP) is 20.5. The Bertz CT molecular complexity index is 4860. The molecule has 0 saturated heterocycles. The lowest BCUT2D eigenvalue weighted by atomic mass is 9.48. The molecule has 0 spiro atoms. The molecule has 0 bridgehead atoms. The molecule has 0 aliphatic heterocycles. The molecule has 0 radical (unpaired) electrons. The average molecular weight is 1750 g/mol. The van der Waals surface area contributed by atoms with Gasteiger partial charge in [-0.25, -0.2) is 19.2 Å². The Labute approximate surface area is 754 Å². The zero-order chi connectivity index (χ0) is 89.9. The summed E-state index contributed by atoms with van der Waals surface area (Å²) >= 11 is 0. The molecule has 0 unspecified atom stereocenters. The van der Waals surface area contributed by atoms with Gasteiger partial charge in [0.15, 0.2) is 29.5 Å². The van der Waals surface area contributed by atoms with Crippen LogP contribution in [0.2, 0.25) is 0 Å². The third-order valence-electron chi connectivity index (χ3n) is 40.9. The quantitative estimate of drug-likeness (QED) is 0.0908. The van der Waals surface area contributed by atoms with E-state index in [9.17, 15) is 48.4 Å². The number of rotatable bonds is 13. The number of fused-ring (bicyclic) bond motifs is 20. The van der Waals surface area contributed by atoms with Gasteiger partial charge in [0.05, 0.1) is 67.1 Å². The van der Waals surface area contributed by atoms with Crippen molar-refractivity contribution in [2.75, 3.05) is 0 Å². The number of Topliss-reactive ketones (excluding diaryl/α,β-unsaturated/α-hetero) is 4. The first kappa shape index (κ1) is 91.1. The lowest BCUT2D eigenvalue weighted by Gasteiger charge is -2.57. The van der Waals surface area contributed by atoms with Crippen molar-refractivity contribution in [1.82, 2.24) is 49.5 Å².